The van der Waals surface area contributed by atoms with Gasteiger partial charge in [0, 0.05) is 12.8 Å². The van der Waals surface area contributed by atoms with Gasteiger partial charge in [-0.2, -0.15) is 0 Å². The number of esters is 1. The maximum atomic E-state index is 12.5. The van der Waals surface area contributed by atoms with Gasteiger partial charge in [0.15, 0.2) is 0 Å². The topological polar surface area (TPSA) is 95.9 Å². The van der Waals surface area contributed by atoms with Crippen molar-refractivity contribution in [3.63, 3.8) is 0 Å². The Morgan fingerprint density at radius 1 is 0.365 bits per heavy atom. The van der Waals surface area contributed by atoms with E-state index in [9.17, 15) is 19.8 Å². The molecule has 0 aliphatic rings. The maximum absolute atomic E-state index is 12.5. The molecule has 0 radical (unpaired) electrons. The monoisotopic (exact) mass is 1040 g/mol. The highest BCUT2D eigenvalue weighted by molar-refractivity contribution is 5.76. The lowest BCUT2D eigenvalue weighted by Gasteiger charge is -2.20. The molecule has 0 bridgehead atoms. The normalized spacial score (nSPS) is 12.5. The van der Waals surface area contributed by atoms with E-state index >= 15 is 0 Å². The number of carbonyl (C=O) groups excluding carboxylic acids is 2. The second-order valence-corrected chi connectivity index (χ2v) is 23.5. The van der Waals surface area contributed by atoms with E-state index < -0.39 is 12.1 Å². The number of nitrogens with one attached hydrogen (secondary N) is 1. The number of aliphatic hydroxyl groups is 2. The minimum atomic E-state index is -0.842. The van der Waals surface area contributed by atoms with Crippen LogP contribution < -0.4 is 5.32 Å². The Kier molecular flexibility index (Phi) is 62.9. The fourth-order valence-electron chi connectivity index (χ4n) is 10.9. The van der Waals surface area contributed by atoms with Crippen molar-refractivity contribution >= 4 is 11.9 Å². The smallest absolute Gasteiger partial charge is 0.305 e. The van der Waals surface area contributed by atoms with E-state index in [0.29, 0.717) is 19.4 Å². The van der Waals surface area contributed by atoms with Crippen molar-refractivity contribution in [1.29, 1.82) is 0 Å². The van der Waals surface area contributed by atoms with Gasteiger partial charge in [-0.15, -0.1) is 0 Å². The van der Waals surface area contributed by atoms with Crippen LogP contribution in [0.3, 0.4) is 0 Å². The molecule has 0 heterocycles. The Labute approximate surface area is 463 Å². The first kappa shape index (κ1) is 72.6. The zero-order valence-electron chi connectivity index (χ0n) is 50.4. The fraction of sp³-hybridized carbons (Fsp3) is 0.941. The average Bonchev–Trinajstić information content (AvgIpc) is 3.40. The van der Waals surface area contributed by atoms with Crippen LogP contribution in [0.25, 0.3) is 0 Å². The summed E-state index contributed by atoms with van der Waals surface area (Å²) in [6.45, 7) is 4.94. The quantitative estimate of drug-likeness (QED) is 0.0320. The second kappa shape index (κ2) is 64.1. The number of hydrogen-bond donors (Lipinski definition) is 3. The largest absolute Gasteiger partial charge is 0.466 e. The van der Waals surface area contributed by atoms with Gasteiger partial charge in [-0.1, -0.05) is 353 Å². The predicted molar refractivity (Wildman–Crippen MR) is 324 cm³/mol. The Bertz CT molecular complexity index is 1110. The summed E-state index contributed by atoms with van der Waals surface area (Å²) in [5.41, 5.74) is 0. The van der Waals surface area contributed by atoms with E-state index in [-0.39, 0.29) is 18.5 Å². The second-order valence-electron chi connectivity index (χ2n) is 23.5. The standard InChI is InChI=1S/C68H133NO5/c1-3-5-7-9-11-13-15-17-18-19-27-31-34-38-42-46-50-54-58-62-68(73)74-63-59-55-51-47-43-39-35-32-29-26-24-22-20-21-23-25-28-30-33-37-41-45-49-53-57-61-67(72)69-65(64-70)66(71)60-56-52-48-44-40-36-16-14-12-10-8-6-4-2/h56,60,65-66,70-71H,3-55,57-59,61-64H2,1-2H3,(H,69,72)/b60-56+. The van der Waals surface area contributed by atoms with Crippen LogP contribution >= 0.6 is 0 Å². The molecule has 0 saturated heterocycles. The number of allylic oxidation sites excluding steroid dienone is 1. The minimum absolute atomic E-state index is 0.0216. The lowest BCUT2D eigenvalue weighted by Crippen LogP contribution is -2.45. The summed E-state index contributed by atoms with van der Waals surface area (Å²) >= 11 is 0. The van der Waals surface area contributed by atoms with Gasteiger partial charge in [-0.25, -0.2) is 0 Å². The van der Waals surface area contributed by atoms with Gasteiger partial charge in [0.05, 0.1) is 25.4 Å². The summed E-state index contributed by atoms with van der Waals surface area (Å²) < 4.78 is 5.51. The molecule has 0 aliphatic carbocycles. The van der Waals surface area contributed by atoms with Gasteiger partial charge in [-0.3, -0.25) is 9.59 Å². The van der Waals surface area contributed by atoms with Crippen LogP contribution in [-0.4, -0.2) is 47.4 Å². The van der Waals surface area contributed by atoms with E-state index in [4.69, 9.17) is 4.74 Å². The third-order valence-electron chi connectivity index (χ3n) is 16.1. The van der Waals surface area contributed by atoms with Crippen molar-refractivity contribution in [3.8, 4) is 0 Å². The SMILES string of the molecule is CCCCCCCCCCCCC/C=C/C(O)C(CO)NC(=O)CCCCCCCCCCCCCCCCCCCCCCCCCCCOC(=O)CCCCCCCCCCCCCCCCCCCCC. The van der Waals surface area contributed by atoms with Crippen LogP contribution in [0.4, 0.5) is 0 Å². The van der Waals surface area contributed by atoms with Crippen LogP contribution in [-0.2, 0) is 14.3 Å². The number of rotatable bonds is 64. The first-order valence-electron chi connectivity index (χ1n) is 34.0. The summed E-state index contributed by atoms with van der Waals surface area (Å²) in [6, 6.07) is -0.625. The molecule has 0 aromatic rings. The molecule has 0 aliphatic heterocycles. The molecule has 0 saturated carbocycles. The Balaban J connectivity index is 3.33. The van der Waals surface area contributed by atoms with Crippen LogP contribution in [0.1, 0.15) is 386 Å². The molecule has 74 heavy (non-hydrogen) atoms. The zero-order valence-corrected chi connectivity index (χ0v) is 50.4. The van der Waals surface area contributed by atoms with E-state index in [0.717, 1.165) is 38.5 Å². The molecule has 2 unspecified atom stereocenters. The summed E-state index contributed by atoms with van der Waals surface area (Å²) in [5, 5.41) is 23.1. The third kappa shape index (κ3) is 59.8. The molecule has 0 spiro atoms. The van der Waals surface area contributed by atoms with Crippen LogP contribution in [0.5, 0.6) is 0 Å². The first-order valence-corrected chi connectivity index (χ1v) is 34.0. The molecule has 1 amide bonds. The van der Waals surface area contributed by atoms with Crippen LogP contribution in [0, 0.1) is 0 Å². The summed E-state index contributed by atoms with van der Waals surface area (Å²) in [6.07, 6.45) is 78.5. The number of ether oxygens (including phenoxy) is 1. The minimum Gasteiger partial charge on any atom is -0.466 e. The summed E-state index contributed by atoms with van der Waals surface area (Å²) in [4.78, 5) is 24.6. The molecule has 0 aromatic carbocycles. The van der Waals surface area contributed by atoms with Gasteiger partial charge in [0.25, 0.3) is 0 Å². The average molecular weight is 1040 g/mol. The molecule has 6 nitrogen and oxygen atoms in total. The van der Waals surface area contributed by atoms with Crippen LogP contribution in [0.2, 0.25) is 0 Å². The Morgan fingerprint density at radius 3 is 0.919 bits per heavy atom. The Morgan fingerprint density at radius 2 is 0.622 bits per heavy atom. The van der Waals surface area contributed by atoms with Crippen molar-refractivity contribution < 1.29 is 24.5 Å². The highest BCUT2D eigenvalue weighted by atomic mass is 16.5. The van der Waals surface area contributed by atoms with Gasteiger partial charge in [0.1, 0.15) is 0 Å². The van der Waals surface area contributed by atoms with Crippen molar-refractivity contribution in [3.05, 3.63) is 12.2 Å². The van der Waals surface area contributed by atoms with Crippen molar-refractivity contribution in [2.45, 2.75) is 398 Å². The van der Waals surface area contributed by atoms with E-state index in [2.05, 4.69) is 19.2 Å². The lowest BCUT2D eigenvalue weighted by atomic mass is 10.0. The van der Waals surface area contributed by atoms with Gasteiger partial charge in [-0.05, 0) is 32.1 Å². The molecule has 6 heteroatoms. The molecular weight excluding hydrogens is 911 g/mol. The van der Waals surface area contributed by atoms with E-state index in [1.807, 2.05) is 6.08 Å². The van der Waals surface area contributed by atoms with Crippen molar-refractivity contribution in [2.24, 2.45) is 0 Å². The zero-order chi connectivity index (χ0) is 53.6. The Hall–Kier alpha value is -1.40. The van der Waals surface area contributed by atoms with Gasteiger partial charge < -0.3 is 20.3 Å². The number of unbranched alkanes of at least 4 members (excludes halogenated alkanes) is 53. The molecule has 3 N–H and O–H groups in total. The third-order valence-corrected chi connectivity index (χ3v) is 16.1. The lowest BCUT2D eigenvalue weighted by molar-refractivity contribution is -0.143. The molecule has 2 atom stereocenters. The van der Waals surface area contributed by atoms with Gasteiger partial charge >= 0.3 is 5.97 Å². The first-order chi connectivity index (χ1) is 36.5. The predicted octanol–water partition coefficient (Wildman–Crippen LogP) is 21.6. The fourth-order valence-corrected chi connectivity index (χ4v) is 10.9. The molecule has 0 rings (SSSR count). The number of aliphatic hydroxyl groups excluding tert-OH is 2. The molecule has 0 fully saturated rings. The number of carbonyl (C=O) groups is 2. The van der Waals surface area contributed by atoms with Crippen molar-refractivity contribution in [2.75, 3.05) is 13.2 Å². The van der Waals surface area contributed by atoms with Crippen molar-refractivity contribution in [1.82, 2.24) is 5.32 Å². The molecule has 440 valence electrons. The summed E-state index contributed by atoms with van der Waals surface area (Å²) in [5.74, 6) is -0.0428. The van der Waals surface area contributed by atoms with Crippen LogP contribution in [0.15, 0.2) is 12.2 Å². The highest BCUT2D eigenvalue weighted by Gasteiger charge is 2.18. The number of amides is 1. The highest BCUT2D eigenvalue weighted by Crippen LogP contribution is 2.19. The van der Waals surface area contributed by atoms with Gasteiger partial charge in [0.2, 0.25) is 5.91 Å². The maximum Gasteiger partial charge on any atom is 0.305 e. The number of hydrogen-bond acceptors (Lipinski definition) is 5. The summed E-state index contributed by atoms with van der Waals surface area (Å²) in [7, 11) is 0. The van der Waals surface area contributed by atoms with E-state index in [1.54, 1.807) is 6.08 Å². The molecular formula is C68H133NO5. The molecule has 0 aromatic heterocycles. The van der Waals surface area contributed by atoms with E-state index in [1.165, 1.54) is 321 Å².